The number of anilines is 1. The van der Waals surface area contributed by atoms with Crippen LogP contribution < -0.4 is 4.90 Å². The summed E-state index contributed by atoms with van der Waals surface area (Å²) in [5.74, 6) is -1.07. The molecular formula is C21H17BrCl2FN3O2. The van der Waals surface area contributed by atoms with Crippen molar-refractivity contribution in [2.45, 2.75) is 19.0 Å². The SMILES string of the molecule is COC[C@@H](C)n1c(Br)nc2c1C(c1ccc(Cl)cc1)N(c1cccc(Cl)c1F)C2=O. The van der Waals surface area contributed by atoms with Crippen molar-refractivity contribution in [2.24, 2.45) is 0 Å². The highest BCUT2D eigenvalue weighted by Crippen LogP contribution is 2.45. The Balaban J connectivity index is 1.96. The molecule has 1 unspecified atom stereocenters. The molecule has 0 saturated heterocycles. The maximum atomic E-state index is 15.0. The maximum Gasteiger partial charge on any atom is 0.279 e. The minimum absolute atomic E-state index is 0.0588. The smallest absolute Gasteiger partial charge is 0.279 e. The topological polar surface area (TPSA) is 47.4 Å². The van der Waals surface area contributed by atoms with E-state index in [1.54, 1.807) is 25.3 Å². The van der Waals surface area contributed by atoms with Gasteiger partial charge in [0.25, 0.3) is 5.91 Å². The van der Waals surface area contributed by atoms with E-state index in [2.05, 4.69) is 20.9 Å². The van der Waals surface area contributed by atoms with E-state index in [9.17, 15) is 9.18 Å². The number of carbonyl (C=O) groups is 1. The van der Waals surface area contributed by atoms with Crippen LogP contribution in [0.1, 0.15) is 40.8 Å². The number of halogens is 4. The standard InChI is InChI=1S/C21H17BrCl2FN3O2/c1-11(10-30-2)27-19-17(26-21(27)22)20(29)28(15-5-3-4-14(24)16(15)25)18(19)12-6-8-13(23)9-7-12/h3-9,11,18H,10H2,1-2H3/t11-,18?/m1/s1. The lowest BCUT2D eigenvalue weighted by Crippen LogP contribution is -2.31. The summed E-state index contributed by atoms with van der Waals surface area (Å²) in [6, 6.07) is 11.0. The molecule has 2 atom stereocenters. The average Bonchev–Trinajstić information content (AvgIpc) is 3.18. The molecular weight excluding hydrogens is 496 g/mol. The number of methoxy groups -OCH3 is 1. The molecule has 1 aromatic heterocycles. The number of carbonyl (C=O) groups excluding carboxylic acids is 1. The quantitative estimate of drug-likeness (QED) is 0.418. The van der Waals surface area contributed by atoms with Gasteiger partial charge in [0.15, 0.2) is 16.2 Å². The normalized spacial score (nSPS) is 16.8. The molecule has 0 saturated carbocycles. The van der Waals surface area contributed by atoms with E-state index in [0.29, 0.717) is 22.1 Å². The molecule has 1 amide bonds. The zero-order valence-electron chi connectivity index (χ0n) is 16.1. The van der Waals surface area contributed by atoms with Gasteiger partial charge < -0.3 is 9.30 Å². The molecule has 2 aromatic carbocycles. The Morgan fingerprint density at radius 2 is 1.93 bits per heavy atom. The van der Waals surface area contributed by atoms with Crippen molar-refractivity contribution in [3.63, 3.8) is 0 Å². The van der Waals surface area contributed by atoms with Gasteiger partial charge in [0.05, 0.1) is 29.1 Å². The first kappa shape index (κ1) is 21.3. The van der Waals surface area contributed by atoms with Gasteiger partial charge in [-0.2, -0.15) is 0 Å². The third-order valence-electron chi connectivity index (χ3n) is 5.07. The van der Waals surface area contributed by atoms with E-state index in [-0.39, 0.29) is 22.4 Å². The molecule has 1 aliphatic rings. The molecule has 4 rings (SSSR count). The largest absolute Gasteiger partial charge is 0.383 e. The first-order valence-electron chi connectivity index (χ1n) is 9.14. The zero-order chi connectivity index (χ0) is 21.6. The van der Waals surface area contributed by atoms with Crippen molar-refractivity contribution in [2.75, 3.05) is 18.6 Å². The fourth-order valence-electron chi connectivity index (χ4n) is 3.80. The van der Waals surface area contributed by atoms with Crippen molar-refractivity contribution in [3.05, 3.63) is 80.0 Å². The monoisotopic (exact) mass is 511 g/mol. The van der Waals surface area contributed by atoms with Crippen LogP contribution in [0.4, 0.5) is 10.1 Å². The van der Waals surface area contributed by atoms with Gasteiger partial charge in [-0.15, -0.1) is 0 Å². The number of rotatable bonds is 5. The van der Waals surface area contributed by atoms with Gasteiger partial charge in [0.2, 0.25) is 0 Å². The Morgan fingerprint density at radius 1 is 1.23 bits per heavy atom. The number of nitrogens with zero attached hydrogens (tertiary/aromatic N) is 3. The Kier molecular flexibility index (Phi) is 5.90. The molecule has 0 bridgehead atoms. The lowest BCUT2D eigenvalue weighted by Gasteiger charge is -2.28. The number of ether oxygens (including phenoxy) is 1. The zero-order valence-corrected chi connectivity index (χ0v) is 19.2. The van der Waals surface area contributed by atoms with Gasteiger partial charge in [-0.25, -0.2) is 9.37 Å². The van der Waals surface area contributed by atoms with Crippen LogP contribution in [0.3, 0.4) is 0 Å². The molecule has 0 fully saturated rings. The molecule has 1 aliphatic heterocycles. The summed E-state index contributed by atoms with van der Waals surface area (Å²) < 4.78 is 22.7. The summed E-state index contributed by atoms with van der Waals surface area (Å²) >= 11 is 15.6. The predicted octanol–water partition coefficient (Wildman–Crippen LogP) is 6.05. The van der Waals surface area contributed by atoms with Crippen LogP contribution in [0.5, 0.6) is 0 Å². The molecule has 0 N–H and O–H groups in total. The molecule has 30 heavy (non-hydrogen) atoms. The number of hydrogen-bond donors (Lipinski definition) is 0. The fourth-order valence-corrected chi connectivity index (χ4v) is 4.82. The Bertz CT molecular complexity index is 1120. The summed E-state index contributed by atoms with van der Waals surface area (Å²) in [4.78, 5) is 19.3. The second kappa shape index (κ2) is 8.30. The van der Waals surface area contributed by atoms with Crippen LogP contribution in [0.2, 0.25) is 10.0 Å². The summed E-state index contributed by atoms with van der Waals surface area (Å²) in [6.07, 6.45) is 0. The van der Waals surface area contributed by atoms with Gasteiger partial charge in [0.1, 0.15) is 6.04 Å². The van der Waals surface area contributed by atoms with Crippen LogP contribution in [0, 0.1) is 5.82 Å². The summed E-state index contributed by atoms with van der Waals surface area (Å²) in [5, 5.41) is 0.503. The highest BCUT2D eigenvalue weighted by atomic mass is 79.9. The summed E-state index contributed by atoms with van der Waals surface area (Å²) in [6.45, 7) is 2.37. The van der Waals surface area contributed by atoms with Crippen LogP contribution >= 0.6 is 39.1 Å². The summed E-state index contributed by atoms with van der Waals surface area (Å²) in [7, 11) is 1.61. The van der Waals surface area contributed by atoms with E-state index in [1.165, 1.54) is 17.0 Å². The van der Waals surface area contributed by atoms with E-state index in [0.717, 1.165) is 5.56 Å². The fraction of sp³-hybridized carbons (Fsp3) is 0.238. The van der Waals surface area contributed by atoms with E-state index >= 15 is 0 Å². The number of amides is 1. The minimum atomic E-state index is -0.660. The molecule has 0 radical (unpaired) electrons. The van der Waals surface area contributed by atoms with Crippen molar-refractivity contribution >= 4 is 50.7 Å². The molecule has 5 nitrogen and oxygen atoms in total. The van der Waals surface area contributed by atoms with Crippen molar-refractivity contribution in [1.82, 2.24) is 9.55 Å². The molecule has 2 heterocycles. The van der Waals surface area contributed by atoms with Gasteiger partial charge in [-0.1, -0.05) is 41.4 Å². The molecule has 3 aromatic rings. The van der Waals surface area contributed by atoms with Crippen LogP contribution in [0.25, 0.3) is 0 Å². The van der Waals surface area contributed by atoms with Gasteiger partial charge in [-0.3, -0.25) is 9.69 Å². The Morgan fingerprint density at radius 3 is 2.60 bits per heavy atom. The van der Waals surface area contributed by atoms with Gasteiger partial charge >= 0.3 is 0 Å². The number of hydrogen-bond acceptors (Lipinski definition) is 3. The van der Waals surface area contributed by atoms with Crippen LogP contribution in [-0.4, -0.2) is 29.2 Å². The minimum Gasteiger partial charge on any atom is -0.383 e. The van der Waals surface area contributed by atoms with Crippen LogP contribution in [0.15, 0.2) is 47.2 Å². The Hall–Kier alpha value is -1.93. The first-order valence-corrected chi connectivity index (χ1v) is 10.7. The lowest BCUT2D eigenvalue weighted by molar-refractivity contribution is 0.0988. The number of imidazole rings is 1. The molecule has 0 spiro atoms. The van der Waals surface area contributed by atoms with Gasteiger partial charge in [0, 0.05) is 12.1 Å². The maximum absolute atomic E-state index is 15.0. The number of aromatic nitrogens is 2. The molecule has 156 valence electrons. The third kappa shape index (κ3) is 3.43. The second-order valence-corrected chi connectivity index (χ2v) is 8.54. The molecule has 9 heteroatoms. The number of fused-ring (bicyclic) bond motifs is 1. The summed E-state index contributed by atoms with van der Waals surface area (Å²) in [5.41, 5.74) is 1.76. The van der Waals surface area contributed by atoms with Crippen LogP contribution in [-0.2, 0) is 4.74 Å². The Labute approximate surface area is 191 Å². The highest BCUT2D eigenvalue weighted by molar-refractivity contribution is 9.10. The number of benzene rings is 2. The lowest BCUT2D eigenvalue weighted by atomic mass is 10.0. The van der Waals surface area contributed by atoms with Gasteiger partial charge in [-0.05, 0) is 52.7 Å². The molecule has 0 aliphatic carbocycles. The average molecular weight is 513 g/mol. The first-order chi connectivity index (χ1) is 14.3. The van der Waals surface area contributed by atoms with Crippen molar-refractivity contribution in [3.8, 4) is 0 Å². The second-order valence-electron chi connectivity index (χ2n) is 6.99. The van der Waals surface area contributed by atoms with E-state index in [1.807, 2.05) is 23.6 Å². The van der Waals surface area contributed by atoms with E-state index in [4.69, 9.17) is 27.9 Å². The highest BCUT2D eigenvalue weighted by Gasteiger charge is 2.45. The third-order valence-corrected chi connectivity index (χ3v) is 6.17. The van der Waals surface area contributed by atoms with Crippen molar-refractivity contribution in [1.29, 1.82) is 0 Å². The van der Waals surface area contributed by atoms with Crippen molar-refractivity contribution < 1.29 is 13.9 Å². The van der Waals surface area contributed by atoms with E-state index < -0.39 is 17.8 Å². The predicted molar refractivity (Wildman–Crippen MR) is 118 cm³/mol.